The molecular weight excluding hydrogens is 228 g/mol. The number of primary amides is 1. The van der Waals surface area contributed by atoms with Crippen molar-refractivity contribution in [3.05, 3.63) is 34.6 Å². The molecule has 2 N–H and O–H groups in total. The van der Waals surface area contributed by atoms with Gasteiger partial charge in [0.1, 0.15) is 11.2 Å². The van der Waals surface area contributed by atoms with Crippen LogP contribution in [0.5, 0.6) is 0 Å². The van der Waals surface area contributed by atoms with Crippen LogP contribution in [0.4, 0.5) is 4.39 Å². The fourth-order valence-electron chi connectivity index (χ4n) is 1.04. The maximum atomic E-state index is 12.8. The topological polar surface area (TPSA) is 43.1 Å². The Balaban J connectivity index is 2.81. The van der Waals surface area contributed by atoms with Crippen molar-refractivity contribution in [2.45, 2.75) is 11.8 Å². The maximum absolute atomic E-state index is 12.8. The van der Waals surface area contributed by atoms with Crippen LogP contribution < -0.4 is 5.73 Å². The molecule has 1 aromatic rings. The number of nitrogens with two attached hydrogens (primary N) is 1. The van der Waals surface area contributed by atoms with Crippen molar-refractivity contribution in [1.82, 2.24) is 0 Å². The number of benzene rings is 1. The molecule has 0 aliphatic rings. The molecule has 1 amide bonds. The second-order valence-electron chi connectivity index (χ2n) is 2.85. The van der Waals surface area contributed by atoms with Crippen LogP contribution in [-0.4, -0.2) is 11.3 Å². The molecule has 0 bridgehead atoms. The molecule has 0 saturated heterocycles. The van der Waals surface area contributed by atoms with E-state index in [1.54, 1.807) is 6.07 Å². The largest absolute Gasteiger partial charge is 0.368 e. The first-order chi connectivity index (χ1) is 6.49. The van der Waals surface area contributed by atoms with Crippen LogP contribution in [0.25, 0.3) is 0 Å². The van der Waals surface area contributed by atoms with Gasteiger partial charge in [-0.2, -0.15) is 0 Å². The molecule has 76 valence electrons. The molecule has 0 spiro atoms. The fourth-order valence-corrected chi connectivity index (χ4v) is 1.46. The number of alkyl halides is 1. The van der Waals surface area contributed by atoms with Gasteiger partial charge in [0, 0.05) is 5.02 Å². The average Bonchev–Trinajstić information content (AvgIpc) is 2.01. The monoisotopic (exact) mass is 235 g/mol. The second kappa shape index (κ2) is 4.62. The van der Waals surface area contributed by atoms with E-state index in [-0.39, 0.29) is 11.4 Å². The third-order valence-corrected chi connectivity index (χ3v) is 2.23. The van der Waals surface area contributed by atoms with E-state index in [0.717, 1.165) is 0 Å². The minimum atomic E-state index is -0.840. The Morgan fingerprint density at radius 1 is 1.50 bits per heavy atom. The zero-order valence-corrected chi connectivity index (χ0v) is 8.65. The van der Waals surface area contributed by atoms with Crippen LogP contribution >= 0.6 is 23.2 Å². The first-order valence-corrected chi connectivity index (χ1v) is 4.69. The Kier molecular flexibility index (Phi) is 3.72. The third kappa shape index (κ3) is 3.16. The first kappa shape index (κ1) is 11.3. The van der Waals surface area contributed by atoms with Crippen molar-refractivity contribution in [2.24, 2.45) is 5.73 Å². The number of rotatable bonds is 3. The Morgan fingerprint density at radius 3 is 2.64 bits per heavy atom. The molecule has 0 radical (unpaired) electrons. The highest BCUT2D eigenvalue weighted by Gasteiger charge is 2.12. The third-order valence-electron chi connectivity index (χ3n) is 1.65. The van der Waals surface area contributed by atoms with Gasteiger partial charge >= 0.3 is 0 Å². The molecule has 1 atom stereocenters. The predicted molar refractivity (Wildman–Crippen MR) is 53.9 cm³/mol. The minimum Gasteiger partial charge on any atom is -0.368 e. The van der Waals surface area contributed by atoms with Crippen LogP contribution in [0.2, 0.25) is 5.02 Å². The summed E-state index contributed by atoms with van der Waals surface area (Å²) in [6.45, 7) is 0. The summed E-state index contributed by atoms with van der Waals surface area (Å²) in [5, 5.41) is -0.568. The quantitative estimate of drug-likeness (QED) is 0.802. The molecule has 1 unspecified atom stereocenters. The summed E-state index contributed by atoms with van der Waals surface area (Å²) in [7, 11) is 0. The summed E-state index contributed by atoms with van der Waals surface area (Å²) in [6.07, 6.45) is 0.175. The predicted octanol–water partition coefficient (Wildman–Crippen LogP) is 2.11. The summed E-state index contributed by atoms with van der Waals surface area (Å²) in [6, 6.07) is 3.99. The molecule has 0 saturated carbocycles. The average molecular weight is 236 g/mol. The zero-order chi connectivity index (χ0) is 10.7. The molecule has 1 rings (SSSR count). The van der Waals surface area contributed by atoms with Gasteiger partial charge in [0.05, 0.1) is 0 Å². The van der Waals surface area contributed by atoms with E-state index in [4.69, 9.17) is 28.9 Å². The van der Waals surface area contributed by atoms with Gasteiger partial charge in [0.15, 0.2) is 0 Å². The Hall–Kier alpha value is -0.800. The summed E-state index contributed by atoms with van der Waals surface area (Å²) in [5.74, 6) is -1.09. The highest BCUT2D eigenvalue weighted by atomic mass is 35.5. The Bertz CT molecular complexity index is 336. The smallest absolute Gasteiger partial charge is 0.235 e. The highest BCUT2D eigenvalue weighted by Crippen LogP contribution is 2.16. The van der Waals surface area contributed by atoms with Crippen LogP contribution in [0.1, 0.15) is 5.56 Å². The van der Waals surface area contributed by atoms with E-state index in [1.807, 2.05) is 0 Å². The maximum Gasteiger partial charge on any atom is 0.235 e. The molecular formula is C9H8Cl2FNO. The van der Waals surface area contributed by atoms with Gasteiger partial charge in [0.25, 0.3) is 0 Å². The SMILES string of the molecule is NC(=O)C(Cl)Cc1cc(F)cc(Cl)c1. The van der Waals surface area contributed by atoms with Crippen molar-refractivity contribution in [2.75, 3.05) is 0 Å². The number of halogens is 3. The molecule has 0 aliphatic heterocycles. The number of carbonyl (C=O) groups excluding carboxylic acids is 1. The summed E-state index contributed by atoms with van der Waals surface area (Å²) in [5.41, 5.74) is 5.51. The molecule has 2 nitrogen and oxygen atoms in total. The summed E-state index contributed by atoms with van der Waals surface area (Å²) in [4.78, 5) is 10.6. The molecule has 1 aromatic carbocycles. The van der Waals surface area contributed by atoms with Crippen LogP contribution in [-0.2, 0) is 11.2 Å². The van der Waals surface area contributed by atoms with Crippen molar-refractivity contribution >= 4 is 29.1 Å². The Labute approximate surface area is 90.8 Å². The first-order valence-electron chi connectivity index (χ1n) is 3.87. The van der Waals surface area contributed by atoms with Crippen LogP contribution in [0.3, 0.4) is 0 Å². The number of amides is 1. The Morgan fingerprint density at radius 2 is 2.14 bits per heavy atom. The van der Waals surface area contributed by atoms with E-state index >= 15 is 0 Å². The lowest BCUT2D eigenvalue weighted by atomic mass is 10.1. The van der Waals surface area contributed by atoms with Gasteiger partial charge in [0.2, 0.25) is 5.91 Å². The lowest BCUT2D eigenvalue weighted by Crippen LogP contribution is -2.25. The van der Waals surface area contributed by atoms with Gasteiger partial charge in [-0.05, 0) is 30.2 Å². The molecule has 5 heteroatoms. The van der Waals surface area contributed by atoms with Crippen molar-refractivity contribution in [3.63, 3.8) is 0 Å². The number of hydrogen-bond acceptors (Lipinski definition) is 1. The van der Waals surface area contributed by atoms with E-state index in [1.165, 1.54) is 12.1 Å². The zero-order valence-electron chi connectivity index (χ0n) is 7.14. The standard InChI is InChI=1S/C9H8Cl2FNO/c10-6-1-5(2-7(12)4-6)3-8(11)9(13)14/h1-2,4,8H,3H2,(H2,13,14). The van der Waals surface area contributed by atoms with E-state index < -0.39 is 17.1 Å². The normalized spacial score (nSPS) is 12.5. The minimum absolute atomic E-state index is 0.175. The number of hydrogen-bond donors (Lipinski definition) is 1. The summed E-state index contributed by atoms with van der Waals surface area (Å²) < 4.78 is 12.8. The van der Waals surface area contributed by atoms with Crippen LogP contribution in [0.15, 0.2) is 18.2 Å². The van der Waals surface area contributed by atoms with Crippen molar-refractivity contribution < 1.29 is 9.18 Å². The van der Waals surface area contributed by atoms with Gasteiger partial charge in [-0.25, -0.2) is 4.39 Å². The summed E-state index contributed by atoms with van der Waals surface area (Å²) >= 11 is 11.2. The molecule has 0 aliphatic carbocycles. The molecule has 14 heavy (non-hydrogen) atoms. The molecule has 0 aromatic heterocycles. The number of carbonyl (C=O) groups is 1. The van der Waals surface area contributed by atoms with Crippen LogP contribution in [0, 0.1) is 5.82 Å². The van der Waals surface area contributed by atoms with Gasteiger partial charge in [-0.1, -0.05) is 11.6 Å². The van der Waals surface area contributed by atoms with Crippen molar-refractivity contribution in [1.29, 1.82) is 0 Å². The fraction of sp³-hybridized carbons (Fsp3) is 0.222. The molecule has 0 fully saturated rings. The second-order valence-corrected chi connectivity index (χ2v) is 3.81. The lowest BCUT2D eigenvalue weighted by molar-refractivity contribution is -0.117. The van der Waals surface area contributed by atoms with E-state index in [9.17, 15) is 9.18 Å². The van der Waals surface area contributed by atoms with Crippen molar-refractivity contribution in [3.8, 4) is 0 Å². The van der Waals surface area contributed by atoms with Gasteiger partial charge in [-0.15, -0.1) is 11.6 Å². The highest BCUT2D eigenvalue weighted by molar-refractivity contribution is 6.31. The van der Waals surface area contributed by atoms with E-state index in [0.29, 0.717) is 5.56 Å². The lowest BCUT2D eigenvalue weighted by Gasteiger charge is -2.05. The molecule has 0 heterocycles. The van der Waals surface area contributed by atoms with Gasteiger partial charge < -0.3 is 5.73 Å². The van der Waals surface area contributed by atoms with Gasteiger partial charge in [-0.3, -0.25) is 4.79 Å². The van der Waals surface area contributed by atoms with E-state index in [2.05, 4.69) is 0 Å².